The predicted octanol–water partition coefficient (Wildman–Crippen LogP) is 3.72. The van der Waals surface area contributed by atoms with Crippen LogP contribution in [0.25, 0.3) is 10.9 Å². The number of para-hydroxylation sites is 1. The van der Waals surface area contributed by atoms with E-state index in [1.54, 1.807) is 6.92 Å². The minimum absolute atomic E-state index is 0.244. The average molecular weight is 384 g/mol. The number of benzene rings is 1. The number of carbonyl (C=O) groups is 2. The minimum Gasteiger partial charge on any atom is -0.450 e. The van der Waals surface area contributed by atoms with Gasteiger partial charge in [0.15, 0.2) is 6.19 Å². The van der Waals surface area contributed by atoms with Crippen molar-refractivity contribution in [1.29, 1.82) is 5.26 Å². The van der Waals surface area contributed by atoms with E-state index in [1.807, 2.05) is 36.7 Å². The number of nitriles is 1. The van der Waals surface area contributed by atoms with Gasteiger partial charge >= 0.3 is 6.09 Å². The number of alkyl carbamates (subject to hydrolysis) is 1. The second-order valence-corrected chi connectivity index (χ2v) is 6.64. The quantitative estimate of drug-likeness (QED) is 0.370. The summed E-state index contributed by atoms with van der Waals surface area (Å²) in [5, 5.41) is 12.8. The van der Waals surface area contributed by atoms with E-state index in [-0.39, 0.29) is 13.0 Å². The number of H-pyrrole nitrogens is 1. The molecule has 0 radical (unpaired) electrons. The van der Waals surface area contributed by atoms with Gasteiger partial charge in [-0.3, -0.25) is 4.79 Å². The Morgan fingerprint density at radius 1 is 1.25 bits per heavy atom. The maximum atomic E-state index is 12.7. The summed E-state index contributed by atoms with van der Waals surface area (Å²) in [4.78, 5) is 29.1. The van der Waals surface area contributed by atoms with Crippen LogP contribution >= 0.6 is 0 Å². The fourth-order valence-corrected chi connectivity index (χ4v) is 3.06. The third-order valence-corrected chi connectivity index (χ3v) is 4.62. The van der Waals surface area contributed by atoms with E-state index in [9.17, 15) is 14.9 Å². The highest BCUT2D eigenvalue weighted by molar-refractivity contribution is 5.89. The molecule has 0 fully saturated rings. The van der Waals surface area contributed by atoms with E-state index in [0.717, 1.165) is 47.0 Å². The lowest BCUT2D eigenvalue weighted by atomic mass is 10.0. The summed E-state index contributed by atoms with van der Waals surface area (Å²) >= 11 is 0. The largest absolute Gasteiger partial charge is 0.450 e. The lowest BCUT2D eigenvalue weighted by Crippen LogP contribution is -2.48. The van der Waals surface area contributed by atoms with Crippen LogP contribution in [0.3, 0.4) is 0 Å². The van der Waals surface area contributed by atoms with Crippen LogP contribution < -0.4 is 5.32 Å². The monoisotopic (exact) mass is 384 g/mol. The van der Waals surface area contributed by atoms with Gasteiger partial charge < -0.3 is 15.0 Å². The molecule has 1 atom stereocenters. The SMILES string of the molecule is CCCCCCOC(=O)NC(Cc1c[nH]c2ccccc12)C(=O)N(C#N)CC. The van der Waals surface area contributed by atoms with Gasteiger partial charge in [-0.15, -0.1) is 0 Å². The van der Waals surface area contributed by atoms with Crippen LogP contribution in [0.1, 0.15) is 45.1 Å². The van der Waals surface area contributed by atoms with E-state index in [4.69, 9.17) is 4.74 Å². The molecule has 150 valence electrons. The molecule has 0 aliphatic carbocycles. The van der Waals surface area contributed by atoms with Gasteiger partial charge in [0.25, 0.3) is 5.91 Å². The van der Waals surface area contributed by atoms with Crippen molar-refractivity contribution in [2.45, 2.75) is 52.0 Å². The lowest BCUT2D eigenvalue weighted by molar-refractivity contribution is -0.130. The molecule has 0 aliphatic heterocycles. The van der Waals surface area contributed by atoms with Gasteiger partial charge in [0.2, 0.25) is 0 Å². The van der Waals surface area contributed by atoms with E-state index < -0.39 is 18.0 Å². The zero-order valence-corrected chi connectivity index (χ0v) is 16.5. The summed E-state index contributed by atoms with van der Waals surface area (Å²) in [6.07, 6.45) is 7.33. The molecule has 0 spiro atoms. The summed E-state index contributed by atoms with van der Waals surface area (Å²) in [7, 11) is 0. The number of hydrogen-bond acceptors (Lipinski definition) is 4. The highest BCUT2D eigenvalue weighted by Gasteiger charge is 2.27. The molecule has 1 aromatic heterocycles. The van der Waals surface area contributed by atoms with Crippen LogP contribution in [-0.2, 0) is 16.0 Å². The van der Waals surface area contributed by atoms with Crippen LogP contribution in [0.4, 0.5) is 4.79 Å². The van der Waals surface area contributed by atoms with E-state index >= 15 is 0 Å². The first kappa shape index (κ1) is 21.3. The van der Waals surface area contributed by atoms with Crippen molar-refractivity contribution in [3.05, 3.63) is 36.0 Å². The summed E-state index contributed by atoms with van der Waals surface area (Å²) < 4.78 is 5.21. The molecule has 0 aliphatic rings. The average Bonchev–Trinajstić information content (AvgIpc) is 3.11. The Hall–Kier alpha value is -3.01. The number of carbonyl (C=O) groups excluding carboxylic acids is 2. The number of amides is 2. The molecule has 2 amide bonds. The van der Waals surface area contributed by atoms with Gasteiger partial charge in [-0.05, 0) is 25.0 Å². The van der Waals surface area contributed by atoms with Gasteiger partial charge in [0.1, 0.15) is 6.04 Å². The Balaban J connectivity index is 2.08. The first-order valence-electron chi connectivity index (χ1n) is 9.80. The van der Waals surface area contributed by atoms with Crippen molar-refractivity contribution in [2.24, 2.45) is 0 Å². The number of aromatic amines is 1. The zero-order valence-electron chi connectivity index (χ0n) is 16.5. The fourth-order valence-electron chi connectivity index (χ4n) is 3.06. The topological polar surface area (TPSA) is 98.2 Å². The van der Waals surface area contributed by atoms with Crippen molar-refractivity contribution >= 4 is 22.9 Å². The molecule has 2 rings (SSSR count). The number of ether oxygens (including phenoxy) is 1. The summed E-state index contributed by atoms with van der Waals surface area (Å²) in [6, 6.07) is 6.87. The summed E-state index contributed by atoms with van der Waals surface area (Å²) in [5.41, 5.74) is 1.85. The molecule has 0 saturated carbocycles. The van der Waals surface area contributed by atoms with E-state index in [0.29, 0.717) is 6.61 Å². The molecule has 2 N–H and O–H groups in total. The second kappa shape index (κ2) is 11.0. The molecule has 1 aromatic carbocycles. The van der Waals surface area contributed by atoms with Crippen LogP contribution in [0.15, 0.2) is 30.5 Å². The fraction of sp³-hybridized carbons (Fsp3) is 0.476. The minimum atomic E-state index is -0.873. The van der Waals surface area contributed by atoms with Crippen LogP contribution in [0.2, 0.25) is 0 Å². The standard InChI is InChI=1S/C21H28N4O3/c1-3-5-6-9-12-28-21(27)24-19(20(26)25(4-2)15-22)13-16-14-23-18-11-8-7-10-17(16)18/h7-8,10-11,14,19,23H,3-6,9,12-13H2,1-2H3,(H,24,27). The number of rotatable bonds is 10. The Labute approximate surface area is 165 Å². The Morgan fingerprint density at radius 2 is 2.04 bits per heavy atom. The van der Waals surface area contributed by atoms with Crippen molar-refractivity contribution in [2.75, 3.05) is 13.2 Å². The van der Waals surface area contributed by atoms with Crippen LogP contribution in [0.5, 0.6) is 0 Å². The third kappa shape index (κ3) is 5.74. The number of hydrogen-bond donors (Lipinski definition) is 2. The molecule has 0 saturated heterocycles. The molecule has 2 aromatic rings. The van der Waals surface area contributed by atoms with Crippen molar-refractivity contribution in [3.8, 4) is 6.19 Å². The van der Waals surface area contributed by atoms with Crippen molar-refractivity contribution < 1.29 is 14.3 Å². The van der Waals surface area contributed by atoms with Gasteiger partial charge in [-0.2, -0.15) is 5.26 Å². The number of nitrogens with zero attached hydrogens (tertiary/aromatic N) is 2. The number of unbranched alkanes of at least 4 members (excludes halogenated alkanes) is 3. The van der Waals surface area contributed by atoms with Gasteiger partial charge in [0.05, 0.1) is 6.61 Å². The van der Waals surface area contributed by atoms with Crippen LogP contribution in [-0.4, -0.2) is 41.1 Å². The Morgan fingerprint density at radius 3 is 2.75 bits per heavy atom. The van der Waals surface area contributed by atoms with Crippen molar-refractivity contribution in [3.63, 3.8) is 0 Å². The maximum absolute atomic E-state index is 12.7. The maximum Gasteiger partial charge on any atom is 0.407 e. The highest BCUT2D eigenvalue weighted by Crippen LogP contribution is 2.19. The van der Waals surface area contributed by atoms with Gasteiger partial charge in [0, 0.05) is 30.1 Å². The molecular weight excluding hydrogens is 356 g/mol. The zero-order chi connectivity index (χ0) is 20.4. The Bertz CT molecular complexity index is 824. The number of likely N-dealkylation sites (N-methyl/N-ethyl adjacent to an activating group) is 1. The Kier molecular flexibility index (Phi) is 8.35. The van der Waals surface area contributed by atoms with E-state index in [2.05, 4.69) is 17.2 Å². The first-order valence-corrected chi connectivity index (χ1v) is 9.80. The number of fused-ring (bicyclic) bond motifs is 1. The third-order valence-electron chi connectivity index (χ3n) is 4.62. The second-order valence-electron chi connectivity index (χ2n) is 6.64. The molecule has 28 heavy (non-hydrogen) atoms. The predicted molar refractivity (Wildman–Crippen MR) is 107 cm³/mol. The molecule has 0 bridgehead atoms. The van der Waals surface area contributed by atoms with E-state index in [1.165, 1.54) is 0 Å². The summed E-state index contributed by atoms with van der Waals surface area (Å²) in [5.74, 6) is -0.446. The summed E-state index contributed by atoms with van der Waals surface area (Å²) in [6.45, 7) is 4.39. The molecular formula is C21H28N4O3. The lowest BCUT2D eigenvalue weighted by Gasteiger charge is -2.21. The number of aromatic nitrogens is 1. The van der Waals surface area contributed by atoms with Crippen molar-refractivity contribution in [1.82, 2.24) is 15.2 Å². The van der Waals surface area contributed by atoms with Gasteiger partial charge in [-0.25, -0.2) is 9.69 Å². The van der Waals surface area contributed by atoms with Gasteiger partial charge in [-0.1, -0.05) is 44.4 Å². The van der Waals surface area contributed by atoms with Crippen LogP contribution in [0, 0.1) is 11.5 Å². The first-order chi connectivity index (χ1) is 13.6. The smallest absolute Gasteiger partial charge is 0.407 e. The highest BCUT2D eigenvalue weighted by atomic mass is 16.5. The molecule has 1 heterocycles. The molecule has 7 heteroatoms. The molecule has 1 unspecified atom stereocenters. The number of nitrogens with one attached hydrogen (secondary N) is 2. The normalized spacial score (nSPS) is 11.6. The molecule has 7 nitrogen and oxygen atoms in total.